The van der Waals surface area contributed by atoms with Gasteiger partial charge in [0.25, 0.3) is 5.91 Å². The van der Waals surface area contributed by atoms with E-state index in [4.69, 9.17) is 5.73 Å². The maximum absolute atomic E-state index is 13.1. The first-order chi connectivity index (χ1) is 19.9. The molecule has 0 bridgehead atoms. The molecule has 0 aliphatic carbocycles. The number of anilines is 2. The van der Waals surface area contributed by atoms with Crippen molar-refractivity contribution in [3.63, 3.8) is 0 Å². The largest absolute Gasteiger partial charge is 0.383 e. The molecule has 0 spiro atoms. The van der Waals surface area contributed by atoms with E-state index in [1.165, 1.54) is 0 Å². The first kappa shape index (κ1) is 26.5. The third-order valence-electron chi connectivity index (χ3n) is 7.74. The molecule has 3 amide bonds. The Morgan fingerprint density at radius 3 is 2.59 bits per heavy atom. The second-order valence-electron chi connectivity index (χ2n) is 10.7. The van der Waals surface area contributed by atoms with Crippen molar-refractivity contribution in [2.45, 2.75) is 31.3 Å². The van der Waals surface area contributed by atoms with E-state index in [-0.39, 0.29) is 23.8 Å². The lowest BCUT2D eigenvalue weighted by Gasteiger charge is -2.22. The van der Waals surface area contributed by atoms with Gasteiger partial charge in [-0.25, -0.2) is 9.78 Å². The van der Waals surface area contributed by atoms with Crippen LogP contribution in [0.3, 0.4) is 0 Å². The number of carbonyl (C=O) groups is 2. The van der Waals surface area contributed by atoms with Crippen LogP contribution in [0.25, 0.3) is 22.3 Å². The number of pyridine rings is 1. The van der Waals surface area contributed by atoms with Crippen LogP contribution in [0.5, 0.6) is 0 Å². The first-order valence-corrected chi connectivity index (χ1v) is 13.9. The molecule has 2 aliphatic rings. The van der Waals surface area contributed by atoms with Gasteiger partial charge in [-0.15, -0.1) is 0 Å². The number of nitrogens with one attached hydrogen (secondary N) is 3. The highest BCUT2D eigenvalue weighted by molar-refractivity contribution is 5.99. The standard InChI is InChI=1S/C29H34N10O2/c1-37-16-21(14-33-37)20-12-26(27(30)32-13-20)28(40)35-24-7-10-38(18-24)29(41)36-23-4-2-3-19(11-23)22-15-34-39(17-22)25-5-8-31-9-6-25/h2-4,11-17,24-25,31H,5-10,18H2,1H3,(H2,30,32)(H,35,40)(H,36,41)/t24-/m1/s1. The SMILES string of the molecule is Cn1cc(-c2cnc(N)c(C(=O)N[C@@H]3CCN(C(=O)Nc4cccc(-c5cnn(C6CCNCC6)c5)c4)C3)c2)cn1. The Bertz CT molecular complexity index is 1550. The lowest BCUT2D eigenvalue weighted by atomic mass is 10.1. The highest BCUT2D eigenvalue weighted by Gasteiger charge is 2.28. The van der Waals surface area contributed by atoms with Gasteiger partial charge in [0.2, 0.25) is 0 Å². The van der Waals surface area contributed by atoms with Gasteiger partial charge in [-0.3, -0.25) is 14.2 Å². The summed E-state index contributed by atoms with van der Waals surface area (Å²) in [6.45, 7) is 2.94. The summed E-state index contributed by atoms with van der Waals surface area (Å²) < 4.78 is 3.74. The molecule has 6 rings (SSSR count). The molecule has 0 radical (unpaired) electrons. The number of nitrogens with two attached hydrogens (primary N) is 1. The van der Waals surface area contributed by atoms with Crippen LogP contribution in [0.4, 0.5) is 16.3 Å². The average molecular weight is 555 g/mol. The van der Waals surface area contributed by atoms with Crippen molar-refractivity contribution >= 4 is 23.4 Å². The van der Waals surface area contributed by atoms with E-state index in [1.54, 1.807) is 28.0 Å². The normalized spacial score (nSPS) is 17.5. The molecule has 0 unspecified atom stereocenters. The molecule has 12 heteroatoms. The van der Waals surface area contributed by atoms with Crippen LogP contribution in [-0.2, 0) is 7.05 Å². The number of nitrogens with zero attached hydrogens (tertiary/aromatic N) is 6. The fourth-order valence-electron chi connectivity index (χ4n) is 5.45. The number of rotatable bonds is 6. The third kappa shape index (κ3) is 5.92. The van der Waals surface area contributed by atoms with E-state index in [0.717, 1.165) is 48.2 Å². The third-order valence-corrected chi connectivity index (χ3v) is 7.74. The summed E-state index contributed by atoms with van der Waals surface area (Å²) in [4.78, 5) is 32.1. The van der Waals surface area contributed by atoms with Crippen LogP contribution < -0.4 is 21.7 Å². The Labute approximate surface area is 237 Å². The lowest BCUT2D eigenvalue weighted by molar-refractivity contribution is 0.0938. The quantitative estimate of drug-likeness (QED) is 0.286. The summed E-state index contributed by atoms with van der Waals surface area (Å²) in [7, 11) is 1.83. The Kier molecular flexibility index (Phi) is 7.38. The Hall–Kier alpha value is -4.71. The predicted octanol–water partition coefficient (Wildman–Crippen LogP) is 2.89. The molecule has 1 aromatic carbocycles. The van der Waals surface area contributed by atoms with E-state index in [2.05, 4.69) is 42.0 Å². The summed E-state index contributed by atoms with van der Waals surface area (Å²) in [5.41, 5.74) is 10.7. The minimum atomic E-state index is -0.314. The zero-order chi connectivity index (χ0) is 28.3. The molecular weight excluding hydrogens is 520 g/mol. The molecule has 41 heavy (non-hydrogen) atoms. The van der Waals surface area contributed by atoms with Crippen molar-refractivity contribution in [3.05, 3.63) is 66.9 Å². The number of amides is 3. The van der Waals surface area contributed by atoms with Crippen molar-refractivity contribution in [2.24, 2.45) is 7.05 Å². The molecule has 5 heterocycles. The molecule has 0 saturated carbocycles. The topological polar surface area (TPSA) is 148 Å². The van der Waals surface area contributed by atoms with Gasteiger partial charge in [-0.1, -0.05) is 12.1 Å². The molecule has 3 aromatic heterocycles. The number of urea groups is 1. The highest BCUT2D eigenvalue weighted by Crippen LogP contribution is 2.26. The van der Waals surface area contributed by atoms with Gasteiger partial charge in [0.15, 0.2) is 0 Å². The maximum Gasteiger partial charge on any atom is 0.321 e. The van der Waals surface area contributed by atoms with Gasteiger partial charge in [0.05, 0.1) is 24.0 Å². The van der Waals surface area contributed by atoms with Crippen LogP contribution in [-0.4, -0.2) is 73.6 Å². The Morgan fingerprint density at radius 1 is 0.976 bits per heavy atom. The molecule has 4 aromatic rings. The van der Waals surface area contributed by atoms with Crippen molar-refractivity contribution in [1.29, 1.82) is 0 Å². The molecule has 2 aliphatic heterocycles. The van der Waals surface area contributed by atoms with Crippen LogP contribution in [0, 0.1) is 0 Å². The van der Waals surface area contributed by atoms with Gasteiger partial charge < -0.3 is 26.6 Å². The van der Waals surface area contributed by atoms with E-state index in [1.807, 2.05) is 43.7 Å². The minimum absolute atomic E-state index is 0.156. The fourth-order valence-corrected chi connectivity index (χ4v) is 5.45. The molecule has 212 valence electrons. The number of likely N-dealkylation sites (tertiary alicyclic amines) is 1. The van der Waals surface area contributed by atoms with E-state index in [0.29, 0.717) is 36.8 Å². The van der Waals surface area contributed by atoms with Crippen LogP contribution in [0.2, 0.25) is 0 Å². The van der Waals surface area contributed by atoms with Crippen molar-refractivity contribution in [1.82, 2.24) is 40.1 Å². The molecule has 1 atom stereocenters. The molecular formula is C29H34N10O2. The summed E-state index contributed by atoms with van der Waals surface area (Å²) in [5, 5.41) is 18.2. The van der Waals surface area contributed by atoms with E-state index in [9.17, 15) is 9.59 Å². The summed E-state index contributed by atoms with van der Waals surface area (Å²) >= 11 is 0. The van der Waals surface area contributed by atoms with Crippen molar-refractivity contribution in [3.8, 4) is 22.3 Å². The monoisotopic (exact) mass is 554 g/mol. The van der Waals surface area contributed by atoms with Crippen LogP contribution in [0.1, 0.15) is 35.7 Å². The summed E-state index contributed by atoms with van der Waals surface area (Å²) in [6, 6.07) is 9.51. The van der Waals surface area contributed by atoms with Crippen LogP contribution >= 0.6 is 0 Å². The number of benzene rings is 1. The molecule has 2 fully saturated rings. The second-order valence-corrected chi connectivity index (χ2v) is 10.7. The Balaban J connectivity index is 1.06. The van der Waals surface area contributed by atoms with Gasteiger partial charge >= 0.3 is 6.03 Å². The zero-order valence-corrected chi connectivity index (χ0v) is 23.0. The highest BCUT2D eigenvalue weighted by atomic mass is 16.2. The Morgan fingerprint density at radius 2 is 1.78 bits per heavy atom. The smallest absolute Gasteiger partial charge is 0.321 e. The number of hydrogen-bond donors (Lipinski definition) is 4. The number of aromatic nitrogens is 5. The van der Waals surface area contributed by atoms with Crippen molar-refractivity contribution in [2.75, 3.05) is 37.2 Å². The van der Waals surface area contributed by atoms with Gasteiger partial charge in [-0.05, 0) is 56.1 Å². The second kappa shape index (κ2) is 11.4. The molecule has 2 saturated heterocycles. The molecule has 12 nitrogen and oxygen atoms in total. The van der Waals surface area contributed by atoms with Crippen LogP contribution in [0.15, 0.2) is 61.3 Å². The summed E-state index contributed by atoms with van der Waals surface area (Å²) in [6.07, 6.45) is 11.9. The summed E-state index contributed by atoms with van der Waals surface area (Å²) in [5.74, 6) is -0.158. The molecule has 5 N–H and O–H groups in total. The number of piperidine rings is 1. The number of carbonyl (C=O) groups excluding carboxylic acids is 2. The fraction of sp³-hybridized carbons (Fsp3) is 0.345. The van der Waals surface area contributed by atoms with Gasteiger partial charge in [0, 0.05) is 67.1 Å². The predicted molar refractivity (Wildman–Crippen MR) is 156 cm³/mol. The minimum Gasteiger partial charge on any atom is -0.383 e. The maximum atomic E-state index is 13.1. The average Bonchev–Trinajstić information content (AvgIpc) is 3.76. The number of aryl methyl sites for hydroxylation is 1. The lowest BCUT2D eigenvalue weighted by Crippen LogP contribution is -2.40. The van der Waals surface area contributed by atoms with Gasteiger partial charge in [0.1, 0.15) is 5.82 Å². The first-order valence-electron chi connectivity index (χ1n) is 13.9. The van der Waals surface area contributed by atoms with E-state index < -0.39 is 0 Å². The number of nitrogen functional groups attached to an aromatic ring is 1. The number of hydrogen-bond acceptors (Lipinski definition) is 7. The van der Waals surface area contributed by atoms with E-state index >= 15 is 0 Å². The zero-order valence-electron chi connectivity index (χ0n) is 23.0. The van der Waals surface area contributed by atoms with Crippen molar-refractivity contribution < 1.29 is 9.59 Å². The van der Waals surface area contributed by atoms with Gasteiger partial charge in [-0.2, -0.15) is 10.2 Å².